The number of aromatic nitrogens is 1. The Labute approximate surface area is 135 Å². The van der Waals surface area contributed by atoms with Crippen molar-refractivity contribution in [2.75, 3.05) is 13.1 Å². The highest BCUT2D eigenvalue weighted by molar-refractivity contribution is 7.17. The average molecular weight is 318 g/mol. The molecule has 1 amide bonds. The number of piperidine rings is 1. The Hall–Kier alpha value is -1.62. The molecule has 3 heterocycles. The lowest BCUT2D eigenvalue weighted by Gasteiger charge is -2.26. The van der Waals surface area contributed by atoms with Crippen LogP contribution in [0.4, 0.5) is 0 Å². The van der Waals surface area contributed by atoms with Crippen molar-refractivity contribution < 1.29 is 9.32 Å². The lowest BCUT2D eigenvalue weighted by Crippen LogP contribution is -2.35. The smallest absolute Gasteiger partial charge is 0.263 e. The highest BCUT2D eigenvalue weighted by Gasteiger charge is 2.22. The fourth-order valence-corrected chi connectivity index (χ4v) is 3.96. The van der Waals surface area contributed by atoms with Gasteiger partial charge >= 0.3 is 0 Å². The van der Waals surface area contributed by atoms with Crippen molar-refractivity contribution >= 4 is 17.2 Å². The highest BCUT2D eigenvalue weighted by atomic mass is 32.1. The summed E-state index contributed by atoms with van der Waals surface area (Å²) in [5.41, 5.74) is 1.94. The molecule has 118 valence electrons. The molecule has 0 aliphatic carbocycles. The summed E-state index contributed by atoms with van der Waals surface area (Å²) < 4.78 is 5.46. The first kappa shape index (κ1) is 15.3. The van der Waals surface area contributed by atoms with E-state index in [0.717, 1.165) is 52.7 Å². The van der Waals surface area contributed by atoms with Crippen molar-refractivity contribution in [1.82, 2.24) is 10.1 Å². The standard InChI is InChI=1S/C17H22N2O2S/c1-11(2)16-12(3)15(18-21-16)13-7-8-14(22-13)17(20)19-9-5-4-6-10-19/h7-8,11H,4-6,9-10H2,1-3H3. The zero-order chi connectivity index (χ0) is 15.7. The van der Waals surface area contributed by atoms with Gasteiger partial charge in [0.25, 0.3) is 5.91 Å². The van der Waals surface area contributed by atoms with E-state index in [9.17, 15) is 4.79 Å². The van der Waals surface area contributed by atoms with E-state index in [1.165, 1.54) is 17.8 Å². The van der Waals surface area contributed by atoms with Gasteiger partial charge in [0, 0.05) is 24.6 Å². The van der Waals surface area contributed by atoms with Gasteiger partial charge < -0.3 is 9.42 Å². The van der Waals surface area contributed by atoms with Gasteiger partial charge in [0.15, 0.2) is 0 Å². The third kappa shape index (κ3) is 2.82. The van der Waals surface area contributed by atoms with Crippen molar-refractivity contribution in [3.05, 3.63) is 28.3 Å². The van der Waals surface area contributed by atoms with Crippen LogP contribution in [-0.4, -0.2) is 29.1 Å². The van der Waals surface area contributed by atoms with Gasteiger partial charge in [-0.1, -0.05) is 19.0 Å². The fourth-order valence-electron chi connectivity index (χ4n) is 2.95. The molecule has 3 rings (SSSR count). The van der Waals surface area contributed by atoms with E-state index in [-0.39, 0.29) is 5.91 Å². The van der Waals surface area contributed by atoms with Crippen LogP contribution in [0.15, 0.2) is 16.7 Å². The molecule has 22 heavy (non-hydrogen) atoms. The van der Waals surface area contributed by atoms with Gasteiger partial charge in [-0.25, -0.2) is 0 Å². The largest absolute Gasteiger partial charge is 0.360 e. The number of carbonyl (C=O) groups excluding carboxylic acids is 1. The molecule has 4 nitrogen and oxygen atoms in total. The zero-order valence-electron chi connectivity index (χ0n) is 13.4. The quantitative estimate of drug-likeness (QED) is 0.839. The van der Waals surface area contributed by atoms with Crippen LogP contribution in [0.3, 0.4) is 0 Å². The highest BCUT2D eigenvalue weighted by Crippen LogP contribution is 2.34. The molecule has 1 aliphatic rings. The van der Waals surface area contributed by atoms with Crippen molar-refractivity contribution in [2.24, 2.45) is 0 Å². The van der Waals surface area contributed by atoms with Crippen molar-refractivity contribution in [3.63, 3.8) is 0 Å². The molecule has 0 spiro atoms. The first-order valence-electron chi connectivity index (χ1n) is 7.93. The predicted molar refractivity (Wildman–Crippen MR) is 88.4 cm³/mol. The monoisotopic (exact) mass is 318 g/mol. The van der Waals surface area contributed by atoms with Gasteiger partial charge in [0.05, 0.1) is 9.75 Å². The fraction of sp³-hybridized carbons (Fsp3) is 0.529. The van der Waals surface area contributed by atoms with Gasteiger partial charge in [0.1, 0.15) is 11.5 Å². The summed E-state index contributed by atoms with van der Waals surface area (Å²) >= 11 is 1.51. The lowest BCUT2D eigenvalue weighted by atomic mass is 10.1. The normalized spacial score (nSPS) is 15.5. The molecule has 0 saturated carbocycles. The number of hydrogen-bond donors (Lipinski definition) is 0. The van der Waals surface area contributed by atoms with E-state index >= 15 is 0 Å². The molecule has 0 N–H and O–H groups in total. The summed E-state index contributed by atoms with van der Waals surface area (Å²) in [5.74, 6) is 1.39. The molecule has 0 atom stereocenters. The first-order valence-corrected chi connectivity index (χ1v) is 8.75. The second-order valence-corrected chi connectivity index (χ2v) is 7.28. The number of carbonyl (C=O) groups is 1. The molecule has 1 saturated heterocycles. The van der Waals surface area contributed by atoms with Crippen molar-refractivity contribution in [1.29, 1.82) is 0 Å². The van der Waals surface area contributed by atoms with E-state index < -0.39 is 0 Å². The minimum atomic E-state index is 0.154. The van der Waals surface area contributed by atoms with Crippen LogP contribution in [0, 0.1) is 6.92 Å². The van der Waals surface area contributed by atoms with E-state index in [2.05, 4.69) is 19.0 Å². The van der Waals surface area contributed by atoms with Crippen LogP contribution in [0.2, 0.25) is 0 Å². The molecule has 1 aliphatic heterocycles. The lowest BCUT2D eigenvalue weighted by molar-refractivity contribution is 0.0729. The van der Waals surface area contributed by atoms with Gasteiger partial charge in [0.2, 0.25) is 0 Å². The minimum Gasteiger partial charge on any atom is -0.360 e. The van der Waals surface area contributed by atoms with Gasteiger partial charge in [-0.3, -0.25) is 4.79 Å². The van der Waals surface area contributed by atoms with Crippen LogP contribution >= 0.6 is 11.3 Å². The SMILES string of the molecule is Cc1c(-c2ccc(C(=O)N3CCCCC3)s2)noc1C(C)C. The number of rotatable bonds is 3. The summed E-state index contributed by atoms with van der Waals surface area (Å²) in [5, 5.41) is 4.20. The Kier molecular flexibility index (Phi) is 4.34. The Bertz CT molecular complexity index is 666. The average Bonchev–Trinajstić information content (AvgIpc) is 3.13. The van der Waals surface area contributed by atoms with Crippen LogP contribution in [-0.2, 0) is 0 Å². The zero-order valence-corrected chi connectivity index (χ0v) is 14.2. The molecular weight excluding hydrogens is 296 g/mol. The number of nitrogens with zero attached hydrogens (tertiary/aromatic N) is 2. The van der Waals surface area contributed by atoms with Gasteiger partial charge in [-0.05, 0) is 38.3 Å². The maximum atomic E-state index is 12.5. The summed E-state index contributed by atoms with van der Waals surface area (Å²) in [6.07, 6.45) is 3.46. The minimum absolute atomic E-state index is 0.154. The van der Waals surface area contributed by atoms with Gasteiger partial charge in [-0.15, -0.1) is 11.3 Å². The first-order chi connectivity index (χ1) is 10.6. The van der Waals surface area contributed by atoms with E-state index in [0.29, 0.717) is 5.92 Å². The molecule has 0 bridgehead atoms. The second-order valence-electron chi connectivity index (χ2n) is 6.19. The third-order valence-corrected chi connectivity index (χ3v) is 5.26. The summed E-state index contributed by atoms with van der Waals surface area (Å²) in [4.78, 5) is 16.3. The molecule has 2 aromatic rings. The maximum absolute atomic E-state index is 12.5. The number of amides is 1. The number of thiophene rings is 1. The molecule has 0 unspecified atom stereocenters. The Balaban J connectivity index is 1.83. The number of hydrogen-bond acceptors (Lipinski definition) is 4. The summed E-state index contributed by atoms with van der Waals surface area (Å²) in [6.45, 7) is 7.99. The van der Waals surface area contributed by atoms with Crippen LogP contribution in [0.25, 0.3) is 10.6 Å². The molecular formula is C17H22N2O2S. The molecule has 5 heteroatoms. The van der Waals surface area contributed by atoms with E-state index in [1.807, 2.05) is 24.0 Å². The molecule has 1 fully saturated rings. The van der Waals surface area contributed by atoms with Crippen LogP contribution < -0.4 is 0 Å². The Morgan fingerprint density at radius 2 is 2.00 bits per heavy atom. The van der Waals surface area contributed by atoms with Gasteiger partial charge in [-0.2, -0.15) is 0 Å². The molecule has 2 aromatic heterocycles. The molecule has 0 aromatic carbocycles. The van der Waals surface area contributed by atoms with E-state index in [1.54, 1.807) is 0 Å². The maximum Gasteiger partial charge on any atom is 0.263 e. The Morgan fingerprint density at radius 1 is 1.27 bits per heavy atom. The topological polar surface area (TPSA) is 46.3 Å². The number of likely N-dealkylation sites (tertiary alicyclic amines) is 1. The summed E-state index contributed by atoms with van der Waals surface area (Å²) in [6, 6.07) is 3.90. The van der Waals surface area contributed by atoms with Crippen molar-refractivity contribution in [3.8, 4) is 10.6 Å². The van der Waals surface area contributed by atoms with Crippen LogP contribution in [0.5, 0.6) is 0 Å². The van der Waals surface area contributed by atoms with Crippen LogP contribution in [0.1, 0.15) is 60.0 Å². The predicted octanol–water partition coefficient (Wildman–Crippen LogP) is 4.46. The van der Waals surface area contributed by atoms with E-state index in [4.69, 9.17) is 4.52 Å². The summed E-state index contributed by atoms with van der Waals surface area (Å²) in [7, 11) is 0. The van der Waals surface area contributed by atoms with Crippen molar-refractivity contribution in [2.45, 2.75) is 46.0 Å². The second kappa shape index (κ2) is 6.24. The molecule has 0 radical (unpaired) electrons. The Morgan fingerprint density at radius 3 is 2.64 bits per heavy atom. The third-order valence-electron chi connectivity index (χ3n) is 4.18.